The summed E-state index contributed by atoms with van der Waals surface area (Å²) in [6.07, 6.45) is 5.38. The molecule has 4 rings (SSSR count). The zero-order chi connectivity index (χ0) is 21.8. The highest BCUT2D eigenvalue weighted by molar-refractivity contribution is 6.35. The van der Waals surface area contributed by atoms with Crippen molar-refractivity contribution in [1.82, 2.24) is 30.0 Å². The van der Waals surface area contributed by atoms with Crippen molar-refractivity contribution < 1.29 is 4.74 Å². The molecule has 0 N–H and O–H groups in total. The second-order valence-electron chi connectivity index (χ2n) is 6.61. The van der Waals surface area contributed by atoms with Crippen LogP contribution >= 0.6 is 46.4 Å². The third kappa shape index (κ3) is 5.56. The summed E-state index contributed by atoms with van der Waals surface area (Å²) in [5.74, 6) is 0. The Bertz CT molecular complexity index is 1050. The van der Waals surface area contributed by atoms with Gasteiger partial charge in [-0.2, -0.15) is 30.0 Å². The molecule has 0 aliphatic rings. The molecule has 4 aromatic rings. The van der Waals surface area contributed by atoms with Crippen molar-refractivity contribution in [3.63, 3.8) is 0 Å². The van der Waals surface area contributed by atoms with E-state index in [1.54, 1.807) is 49.1 Å². The molecule has 0 aliphatic heterocycles. The Hall–Kier alpha value is -2.16. The highest BCUT2D eigenvalue weighted by Gasteiger charge is 2.26. The largest absolute Gasteiger partial charge is 0.361 e. The molecule has 0 saturated heterocycles. The van der Waals surface area contributed by atoms with E-state index in [1.807, 2.05) is 12.1 Å². The maximum absolute atomic E-state index is 6.55. The van der Waals surface area contributed by atoms with Gasteiger partial charge in [0.1, 0.15) is 12.2 Å². The fourth-order valence-corrected chi connectivity index (χ4v) is 4.19. The second kappa shape index (κ2) is 9.97. The number of halogens is 4. The summed E-state index contributed by atoms with van der Waals surface area (Å²) in [7, 11) is 0. The zero-order valence-electron chi connectivity index (χ0n) is 15.9. The Morgan fingerprint density at radius 1 is 0.645 bits per heavy atom. The molecule has 0 radical (unpaired) electrons. The molecule has 2 atom stereocenters. The lowest BCUT2D eigenvalue weighted by Gasteiger charge is -2.26. The average Bonchev–Trinajstić information content (AvgIpc) is 3.41. The number of nitrogens with zero attached hydrogens (tertiary/aromatic N) is 6. The van der Waals surface area contributed by atoms with E-state index in [0.29, 0.717) is 33.2 Å². The summed E-state index contributed by atoms with van der Waals surface area (Å²) in [6, 6.07) is 10.5. The molecule has 31 heavy (non-hydrogen) atoms. The number of aromatic nitrogens is 6. The first-order chi connectivity index (χ1) is 15.0. The minimum atomic E-state index is -0.510. The van der Waals surface area contributed by atoms with E-state index in [0.717, 1.165) is 11.1 Å². The van der Waals surface area contributed by atoms with Crippen LogP contribution in [0.3, 0.4) is 0 Å². The maximum Gasteiger partial charge on any atom is 0.106 e. The maximum atomic E-state index is 6.55. The first-order valence-corrected chi connectivity index (χ1v) is 10.7. The summed E-state index contributed by atoms with van der Waals surface area (Å²) in [4.78, 5) is 3.06. The van der Waals surface area contributed by atoms with E-state index in [4.69, 9.17) is 51.1 Å². The number of ether oxygens (including phenoxy) is 1. The Morgan fingerprint density at radius 2 is 1.03 bits per heavy atom. The summed E-state index contributed by atoms with van der Waals surface area (Å²) >= 11 is 25.2. The molecule has 0 saturated carbocycles. The average molecular weight is 498 g/mol. The number of rotatable bonds is 8. The van der Waals surface area contributed by atoms with Crippen LogP contribution in [0.1, 0.15) is 23.3 Å². The van der Waals surface area contributed by atoms with Crippen LogP contribution in [-0.2, 0) is 17.8 Å². The van der Waals surface area contributed by atoms with Crippen molar-refractivity contribution in [3.8, 4) is 0 Å². The molecule has 7 nitrogen and oxygen atoms in total. The standard InChI is InChI=1S/C20H16Cl4N6O/c21-13-1-3-15(17(23)9-13)19(11-29-25-5-6-26-29)31-20(12-30-27-7-8-28-30)16-4-2-14(22)10-18(16)24/h1-10,19-20H,11-12H2/t19-,20-/m1/s1. The summed E-state index contributed by atoms with van der Waals surface area (Å²) in [5.41, 5.74) is 1.48. The molecule has 2 aromatic heterocycles. The van der Waals surface area contributed by atoms with Crippen LogP contribution in [0.25, 0.3) is 0 Å². The Labute approximate surface area is 198 Å². The highest BCUT2D eigenvalue weighted by Crippen LogP contribution is 2.36. The van der Waals surface area contributed by atoms with E-state index in [1.165, 1.54) is 9.59 Å². The van der Waals surface area contributed by atoms with Gasteiger partial charge in [-0.15, -0.1) is 0 Å². The van der Waals surface area contributed by atoms with Crippen LogP contribution in [0, 0.1) is 0 Å². The van der Waals surface area contributed by atoms with Crippen LogP contribution in [0.5, 0.6) is 0 Å². The Balaban J connectivity index is 1.71. The summed E-state index contributed by atoms with van der Waals surface area (Å²) in [6.45, 7) is 0.644. The molecule has 2 aromatic carbocycles. The third-order valence-corrected chi connectivity index (χ3v) is 5.66. The van der Waals surface area contributed by atoms with Crippen molar-refractivity contribution in [2.75, 3.05) is 0 Å². The molecule has 0 amide bonds. The van der Waals surface area contributed by atoms with E-state index in [-0.39, 0.29) is 0 Å². The molecular weight excluding hydrogens is 482 g/mol. The molecular formula is C20H16Cl4N6O. The topological polar surface area (TPSA) is 70.7 Å². The van der Waals surface area contributed by atoms with Gasteiger partial charge in [-0.1, -0.05) is 58.5 Å². The smallest absolute Gasteiger partial charge is 0.106 e. The minimum absolute atomic E-state index is 0.322. The van der Waals surface area contributed by atoms with Gasteiger partial charge in [-0.25, -0.2) is 0 Å². The van der Waals surface area contributed by atoms with Crippen molar-refractivity contribution in [1.29, 1.82) is 0 Å². The SMILES string of the molecule is Clc1ccc([C@@H](Cn2nccn2)O[C@H](Cn2nccn2)c2ccc(Cl)cc2Cl)c(Cl)c1. The zero-order valence-corrected chi connectivity index (χ0v) is 19.0. The fourth-order valence-electron chi connectivity index (χ4n) is 3.12. The summed E-state index contributed by atoms with van der Waals surface area (Å²) < 4.78 is 6.55. The van der Waals surface area contributed by atoms with E-state index in [2.05, 4.69) is 20.4 Å². The molecule has 0 aliphatic carbocycles. The lowest BCUT2D eigenvalue weighted by atomic mass is 10.1. The van der Waals surface area contributed by atoms with Gasteiger partial charge in [0.15, 0.2) is 0 Å². The number of hydrogen-bond donors (Lipinski definition) is 0. The van der Waals surface area contributed by atoms with Crippen molar-refractivity contribution in [2.45, 2.75) is 25.3 Å². The monoisotopic (exact) mass is 496 g/mol. The van der Waals surface area contributed by atoms with Gasteiger partial charge < -0.3 is 4.74 Å². The van der Waals surface area contributed by atoms with Crippen molar-refractivity contribution >= 4 is 46.4 Å². The van der Waals surface area contributed by atoms with Crippen LogP contribution in [0.2, 0.25) is 20.1 Å². The second-order valence-corrected chi connectivity index (χ2v) is 8.30. The quantitative estimate of drug-likeness (QED) is 0.313. The van der Waals surface area contributed by atoms with Crippen molar-refractivity contribution in [3.05, 3.63) is 92.4 Å². The number of hydrogen-bond acceptors (Lipinski definition) is 5. The Kier molecular flexibility index (Phi) is 7.09. The van der Waals surface area contributed by atoms with Gasteiger partial charge in [-0.05, 0) is 24.3 Å². The van der Waals surface area contributed by atoms with Crippen LogP contribution < -0.4 is 0 Å². The molecule has 160 valence electrons. The van der Waals surface area contributed by atoms with Gasteiger partial charge in [0.2, 0.25) is 0 Å². The molecule has 0 spiro atoms. The van der Waals surface area contributed by atoms with Gasteiger partial charge >= 0.3 is 0 Å². The van der Waals surface area contributed by atoms with E-state index >= 15 is 0 Å². The van der Waals surface area contributed by atoms with Crippen molar-refractivity contribution in [2.24, 2.45) is 0 Å². The van der Waals surface area contributed by atoms with Gasteiger partial charge in [0, 0.05) is 31.2 Å². The number of benzene rings is 2. The normalized spacial score (nSPS) is 13.3. The van der Waals surface area contributed by atoms with Crippen LogP contribution in [0.15, 0.2) is 61.2 Å². The predicted octanol–water partition coefficient (Wildman–Crippen LogP) is 5.68. The minimum Gasteiger partial charge on any atom is -0.361 e. The molecule has 11 heteroatoms. The third-order valence-electron chi connectivity index (χ3n) is 4.54. The van der Waals surface area contributed by atoms with E-state index in [9.17, 15) is 0 Å². The molecule has 0 bridgehead atoms. The first kappa shape index (κ1) is 22.0. The van der Waals surface area contributed by atoms with Crippen LogP contribution in [-0.4, -0.2) is 30.0 Å². The first-order valence-electron chi connectivity index (χ1n) is 9.23. The van der Waals surface area contributed by atoms with Gasteiger partial charge in [0.05, 0.1) is 37.9 Å². The van der Waals surface area contributed by atoms with Crippen LogP contribution in [0.4, 0.5) is 0 Å². The fraction of sp³-hybridized carbons (Fsp3) is 0.200. The van der Waals surface area contributed by atoms with Gasteiger partial charge in [-0.3, -0.25) is 0 Å². The van der Waals surface area contributed by atoms with E-state index < -0.39 is 12.2 Å². The highest BCUT2D eigenvalue weighted by atomic mass is 35.5. The van der Waals surface area contributed by atoms with Gasteiger partial charge in [0.25, 0.3) is 0 Å². The Morgan fingerprint density at radius 3 is 1.39 bits per heavy atom. The summed E-state index contributed by atoms with van der Waals surface area (Å²) in [5, 5.41) is 18.8. The molecule has 0 fully saturated rings. The molecule has 0 unspecified atom stereocenters. The predicted molar refractivity (Wildman–Crippen MR) is 120 cm³/mol. The molecule has 2 heterocycles. The lowest BCUT2D eigenvalue weighted by molar-refractivity contribution is -0.0391. The lowest BCUT2D eigenvalue weighted by Crippen LogP contribution is -2.22.